The summed E-state index contributed by atoms with van der Waals surface area (Å²) in [6.07, 6.45) is 2.36. The van der Waals surface area contributed by atoms with Gasteiger partial charge in [0.15, 0.2) is 11.5 Å². The van der Waals surface area contributed by atoms with Crippen LogP contribution in [-0.4, -0.2) is 62.4 Å². The third kappa shape index (κ3) is 4.73. The SMILES string of the molecule is CCOc1cc2c(cc1OC)CCN(C(=O)N1CCOCC1)C2CCc1csc2ccc(C#N)cc12. The molecular weight excluding hydrogens is 474 g/mol. The fourth-order valence-electron chi connectivity index (χ4n) is 5.25. The zero-order chi connectivity index (χ0) is 25.1. The summed E-state index contributed by atoms with van der Waals surface area (Å²) in [5.74, 6) is 1.44. The Kier molecular flexibility index (Phi) is 7.30. The van der Waals surface area contributed by atoms with Gasteiger partial charge in [0.25, 0.3) is 0 Å². The van der Waals surface area contributed by atoms with Gasteiger partial charge >= 0.3 is 6.03 Å². The van der Waals surface area contributed by atoms with Gasteiger partial charge in [0.05, 0.1) is 44.6 Å². The molecule has 1 aromatic heterocycles. The van der Waals surface area contributed by atoms with E-state index in [1.807, 2.05) is 34.9 Å². The van der Waals surface area contributed by atoms with Crippen LogP contribution in [0.2, 0.25) is 0 Å². The number of morpholine rings is 1. The van der Waals surface area contributed by atoms with Crippen LogP contribution in [0.4, 0.5) is 4.79 Å². The molecule has 1 atom stereocenters. The molecule has 0 radical (unpaired) electrons. The predicted molar refractivity (Wildman–Crippen MR) is 140 cm³/mol. The zero-order valence-electron chi connectivity index (χ0n) is 20.8. The number of hydrogen-bond acceptors (Lipinski definition) is 6. The Balaban J connectivity index is 1.49. The summed E-state index contributed by atoms with van der Waals surface area (Å²) in [5.41, 5.74) is 4.22. The van der Waals surface area contributed by atoms with Gasteiger partial charge in [-0.1, -0.05) is 0 Å². The average Bonchev–Trinajstić information content (AvgIpc) is 3.33. The maximum Gasteiger partial charge on any atom is 0.320 e. The number of rotatable bonds is 6. The Morgan fingerprint density at radius 2 is 2.03 bits per heavy atom. The highest BCUT2D eigenvalue weighted by Crippen LogP contribution is 2.41. The van der Waals surface area contributed by atoms with Gasteiger partial charge in [-0.2, -0.15) is 5.26 Å². The monoisotopic (exact) mass is 505 g/mol. The minimum atomic E-state index is -0.0803. The van der Waals surface area contributed by atoms with Crippen molar-refractivity contribution in [2.45, 2.75) is 32.2 Å². The van der Waals surface area contributed by atoms with E-state index in [2.05, 4.69) is 23.6 Å². The second-order valence-electron chi connectivity index (χ2n) is 9.10. The van der Waals surface area contributed by atoms with Crippen LogP contribution in [0.1, 0.15) is 41.6 Å². The Bertz CT molecular complexity index is 1290. The number of ether oxygens (including phenoxy) is 3. The molecule has 1 saturated heterocycles. The highest BCUT2D eigenvalue weighted by atomic mass is 32.1. The molecule has 0 aliphatic carbocycles. The molecule has 2 amide bonds. The van der Waals surface area contributed by atoms with Gasteiger partial charge in [-0.25, -0.2) is 4.79 Å². The molecule has 0 saturated carbocycles. The molecule has 188 valence electrons. The van der Waals surface area contributed by atoms with E-state index in [1.165, 1.54) is 15.8 Å². The van der Waals surface area contributed by atoms with Gasteiger partial charge < -0.3 is 24.0 Å². The van der Waals surface area contributed by atoms with Crippen LogP contribution in [0.15, 0.2) is 35.7 Å². The predicted octanol–water partition coefficient (Wildman–Crippen LogP) is 5.16. The average molecular weight is 506 g/mol. The normalized spacial score (nSPS) is 17.5. The second-order valence-corrected chi connectivity index (χ2v) is 10.0. The topological polar surface area (TPSA) is 75.0 Å². The summed E-state index contributed by atoms with van der Waals surface area (Å²) in [5, 5.41) is 12.7. The van der Waals surface area contributed by atoms with Crippen LogP contribution in [-0.2, 0) is 17.6 Å². The van der Waals surface area contributed by atoms with E-state index in [0.29, 0.717) is 50.8 Å². The molecule has 0 spiro atoms. The number of amides is 2. The van der Waals surface area contributed by atoms with E-state index in [9.17, 15) is 10.1 Å². The van der Waals surface area contributed by atoms with Crippen LogP contribution in [0.25, 0.3) is 10.1 Å². The largest absolute Gasteiger partial charge is 0.493 e. The van der Waals surface area contributed by atoms with Crippen molar-refractivity contribution >= 4 is 27.5 Å². The molecule has 8 heteroatoms. The number of aryl methyl sites for hydroxylation is 1. The molecule has 36 heavy (non-hydrogen) atoms. The lowest BCUT2D eigenvalue weighted by molar-refractivity contribution is 0.0376. The van der Waals surface area contributed by atoms with Crippen LogP contribution in [0.5, 0.6) is 11.5 Å². The first kappa shape index (κ1) is 24.4. The number of thiophene rings is 1. The molecule has 1 unspecified atom stereocenters. The molecule has 2 aliphatic heterocycles. The molecule has 3 aromatic rings. The van der Waals surface area contributed by atoms with Gasteiger partial charge in [0.1, 0.15) is 0 Å². The Hall–Kier alpha value is -3.28. The molecule has 0 bridgehead atoms. The standard InChI is InChI=1S/C28H31N3O4S/c1-3-35-26-16-22-20(15-25(26)33-2)8-9-31(28(32)30-10-12-34-13-11-30)24(22)6-5-21-18-36-27-7-4-19(17-29)14-23(21)27/h4,7,14-16,18,24H,3,5-6,8-13H2,1-2H3. The molecule has 3 heterocycles. The number of carbonyl (C=O) groups is 1. The number of fused-ring (bicyclic) bond motifs is 2. The molecule has 2 aliphatic rings. The first-order valence-electron chi connectivity index (χ1n) is 12.5. The zero-order valence-corrected chi connectivity index (χ0v) is 21.6. The van der Waals surface area contributed by atoms with E-state index >= 15 is 0 Å². The highest BCUT2D eigenvalue weighted by Gasteiger charge is 2.34. The van der Waals surface area contributed by atoms with E-state index in [4.69, 9.17) is 14.2 Å². The summed E-state index contributed by atoms with van der Waals surface area (Å²) in [6.45, 7) is 5.55. The van der Waals surface area contributed by atoms with Crippen molar-refractivity contribution < 1.29 is 19.0 Å². The second kappa shape index (κ2) is 10.8. The van der Waals surface area contributed by atoms with E-state index in [0.717, 1.165) is 36.0 Å². The first-order valence-corrected chi connectivity index (χ1v) is 13.4. The van der Waals surface area contributed by atoms with Crippen LogP contribution < -0.4 is 9.47 Å². The summed E-state index contributed by atoms with van der Waals surface area (Å²) < 4.78 is 18.2. The van der Waals surface area contributed by atoms with Gasteiger partial charge in [-0.15, -0.1) is 11.3 Å². The van der Waals surface area contributed by atoms with E-state index in [-0.39, 0.29) is 12.1 Å². The molecule has 0 N–H and O–H groups in total. The minimum Gasteiger partial charge on any atom is -0.493 e. The summed E-state index contributed by atoms with van der Waals surface area (Å²) in [6, 6.07) is 12.3. The van der Waals surface area contributed by atoms with Crippen LogP contribution in [0, 0.1) is 11.3 Å². The summed E-state index contributed by atoms with van der Waals surface area (Å²) in [4.78, 5) is 17.6. The molecule has 5 rings (SSSR count). The molecule has 2 aromatic carbocycles. The minimum absolute atomic E-state index is 0.0738. The van der Waals surface area contributed by atoms with Crippen LogP contribution >= 0.6 is 11.3 Å². The van der Waals surface area contributed by atoms with Gasteiger partial charge in [-0.3, -0.25) is 0 Å². The Labute approximate surface area is 215 Å². The fourth-order valence-corrected chi connectivity index (χ4v) is 6.23. The van der Waals surface area contributed by atoms with Crippen molar-refractivity contribution in [3.63, 3.8) is 0 Å². The number of nitrogens with zero attached hydrogens (tertiary/aromatic N) is 3. The number of benzene rings is 2. The van der Waals surface area contributed by atoms with Gasteiger partial charge in [0.2, 0.25) is 0 Å². The Morgan fingerprint density at radius 1 is 1.19 bits per heavy atom. The summed E-state index contributed by atoms with van der Waals surface area (Å²) in [7, 11) is 1.66. The fraction of sp³-hybridized carbons (Fsp3) is 0.429. The smallest absolute Gasteiger partial charge is 0.320 e. The van der Waals surface area contributed by atoms with Gasteiger partial charge in [0, 0.05) is 24.3 Å². The lowest BCUT2D eigenvalue weighted by atomic mass is 9.88. The van der Waals surface area contributed by atoms with Crippen molar-refractivity contribution in [2.75, 3.05) is 46.6 Å². The van der Waals surface area contributed by atoms with Crippen molar-refractivity contribution in [1.29, 1.82) is 5.26 Å². The maximum absolute atomic E-state index is 13.7. The maximum atomic E-state index is 13.7. The third-order valence-corrected chi connectivity index (χ3v) is 8.09. The number of nitriles is 1. The Morgan fingerprint density at radius 3 is 2.78 bits per heavy atom. The van der Waals surface area contributed by atoms with Crippen LogP contribution in [0.3, 0.4) is 0 Å². The number of carbonyl (C=O) groups excluding carboxylic acids is 1. The van der Waals surface area contributed by atoms with Crippen molar-refractivity contribution in [3.05, 3.63) is 58.0 Å². The number of methoxy groups -OCH3 is 1. The van der Waals surface area contributed by atoms with E-state index in [1.54, 1.807) is 18.4 Å². The number of hydrogen-bond donors (Lipinski definition) is 0. The molecule has 1 fully saturated rings. The van der Waals surface area contributed by atoms with Crippen molar-refractivity contribution in [3.8, 4) is 17.6 Å². The molecular formula is C28H31N3O4S. The van der Waals surface area contributed by atoms with Crippen molar-refractivity contribution in [1.82, 2.24) is 9.80 Å². The highest BCUT2D eigenvalue weighted by molar-refractivity contribution is 7.17. The quantitative estimate of drug-likeness (QED) is 0.462. The van der Waals surface area contributed by atoms with Crippen molar-refractivity contribution in [2.24, 2.45) is 0 Å². The van der Waals surface area contributed by atoms with E-state index < -0.39 is 0 Å². The lowest BCUT2D eigenvalue weighted by Gasteiger charge is -2.41. The third-order valence-electron chi connectivity index (χ3n) is 7.08. The van der Waals surface area contributed by atoms with Gasteiger partial charge in [-0.05, 0) is 84.0 Å². The first-order chi connectivity index (χ1) is 17.6. The summed E-state index contributed by atoms with van der Waals surface area (Å²) >= 11 is 1.70. The number of urea groups is 1. The lowest BCUT2D eigenvalue weighted by Crippen LogP contribution is -2.51. The molecule has 7 nitrogen and oxygen atoms in total.